The van der Waals surface area contributed by atoms with E-state index in [1.165, 1.54) is 4.90 Å². The SMILES string of the molecule is CCC(N)CC(=O)N(CC#N)CC#N. The van der Waals surface area contributed by atoms with Gasteiger partial charge in [0.15, 0.2) is 0 Å². The predicted octanol–water partition coefficient (Wildman–Crippen LogP) is -0.0104. The van der Waals surface area contributed by atoms with E-state index in [9.17, 15) is 4.79 Å². The van der Waals surface area contributed by atoms with Crippen LogP contribution in [-0.4, -0.2) is 29.9 Å². The molecule has 0 aliphatic heterocycles. The standard InChI is InChI=1S/C9H14N4O/c1-2-8(12)7-9(14)13(5-3-10)6-4-11/h8H,2,5-7,12H2,1H3. The van der Waals surface area contributed by atoms with Gasteiger partial charge in [0, 0.05) is 12.5 Å². The maximum atomic E-state index is 11.4. The van der Waals surface area contributed by atoms with Crippen LogP contribution in [0.1, 0.15) is 19.8 Å². The molecule has 0 aromatic carbocycles. The Bertz CT molecular complexity index is 247. The van der Waals surface area contributed by atoms with Crippen LogP contribution in [0.4, 0.5) is 0 Å². The molecule has 0 fully saturated rings. The number of rotatable bonds is 5. The molecule has 0 heterocycles. The molecular weight excluding hydrogens is 180 g/mol. The minimum Gasteiger partial charge on any atom is -0.327 e. The van der Waals surface area contributed by atoms with E-state index in [2.05, 4.69) is 0 Å². The molecule has 0 aromatic rings. The fourth-order valence-corrected chi connectivity index (χ4v) is 0.901. The third kappa shape index (κ3) is 4.44. The number of nitrogens with zero attached hydrogens (tertiary/aromatic N) is 3. The summed E-state index contributed by atoms with van der Waals surface area (Å²) >= 11 is 0. The second-order valence-corrected chi connectivity index (χ2v) is 2.94. The van der Waals surface area contributed by atoms with Crippen LogP contribution in [0.15, 0.2) is 0 Å². The summed E-state index contributed by atoms with van der Waals surface area (Å²) in [5.74, 6) is -0.234. The number of carbonyl (C=O) groups is 1. The lowest BCUT2D eigenvalue weighted by molar-refractivity contribution is -0.130. The first-order valence-electron chi connectivity index (χ1n) is 4.42. The van der Waals surface area contributed by atoms with Crippen LogP contribution in [-0.2, 0) is 4.79 Å². The summed E-state index contributed by atoms with van der Waals surface area (Å²) in [4.78, 5) is 12.6. The van der Waals surface area contributed by atoms with E-state index in [4.69, 9.17) is 16.3 Å². The summed E-state index contributed by atoms with van der Waals surface area (Å²) < 4.78 is 0. The van der Waals surface area contributed by atoms with Gasteiger partial charge >= 0.3 is 0 Å². The van der Waals surface area contributed by atoms with Crippen LogP contribution in [0.3, 0.4) is 0 Å². The summed E-state index contributed by atoms with van der Waals surface area (Å²) in [6.45, 7) is 1.78. The average molecular weight is 194 g/mol. The fourth-order valence-electron chi connectivity index (χ4n) is 0.901. The molecule has 76 valence electrons. The third-order valence-electron chi connectivity index (χ3n) is 1.84. The first kappa shape index (κ1) is 12.4. The molecule has 5 heteroatoms. The molecule has 5 nitrogen and oxygen atoms in total. The Morgan fingerprint density at radius 1 is 1.43 bits per heavy atom. The highest BCUT2D eigenvalue weighted by molar-refractivity contribution is 5.77. The molecule has 1 unspecified atom stereocenters. The van der Waals surface area contributed by atoms with Crippen molar-refractivity contribution in [3.63, 3.8) is 0 Å². The van der Waals surface area contributed by atoms with Gasteiger partial charge in [0.1, 0.15) is 13.1 Å². The highest BCUT2D eigenvalue weighted by Gasteiger charge is 2.15. The van der Waals surface area contributed by atoms with Gasteiger partial charge in [-0.05, 0) is 6.42 Å². The van der Waals surface area contributed by atoms with Gasteiger partial charge in [-0.15, -0.1) is 0 Å². The zero-order chi connectivity index (χ0) is 11.0. The molecule has 0 rings (SSSR count). The molecule has 1 amide bonds. The van der Waals surface area contributed by atoms with Gasteiger partial charge < -0.3 is 10.6 Å². The fraction of sp³-hybridized carbons (Fsp3) is 0.667. The largest absolute Gasteiger partial charge is 0.327 e. The minimum absolute atomic E-state index is 0.0528. The van der Waals surface area contributed by atoms with E-state index in [1.54, 1.807) is 0 Å². The third-order valence-corrected chi connectivity index (χ3v) is 1.84. The van der Waals surface area contributed by atoms with E-state index < -0.39 is 0 Å². The second-order valence-electron chi connectivity index (χ2n) is 2.94. The molecule has 0 aromatic heterocycles. The number of nitriles is 2. The molecule has 0 radical (unpaired) electrons. The van der Waals surface area contributed by atoms with Gasteiger partial charge in [0.25, 0.3) is 0 Å². The molecule has 0 bridgehead atoms. The number of amides is 1. The van der Waals surface area contributed by atoms with Crippen LogP contribution >= 0.6 is 0 Å². The smallest absolute Gasteiger partial charge is 0.225 e. The Morgan fingerprint density at radius 3 is 2.29 bits per heavy atom. The number of hydrogen-bond donors (Lipinski definition) is 1. The van der Waals surface area contributed by atoms with Gasteiger partial charge in [0.2, 0.25) is 5.91 Å². The molecule has 0 saturated heterocycles. The molecular formula is C9H14N4O. The first-order chi connectivity index (χ1) is 6.65. The van der Waals surface area contributed by atoms with Gasteiger partial charge in [-0.1, -0.05) is 6.92 Å². The zero-order valence-electron chi connectivity index (χ0n) is 8.23. The molecule has 0 saturated carbocycles. The minimum atomic E-state index is -0.234. The Labute approximate surface area is 83.7 Å². The Morgan fingerprint density at radius 2 is 1.93 bits per heavy atom. The van der Waals surface area contributed by atoms with Gasteiger partial charge in [-0.2, -0.15) is 10.5 Å². The molecule has 2 N–H and O–H groups in total. The van der Waals surface area contributed by atoms with Gasteiger partial charge in [-0.3, -0.25) is 4.79 Å². The lowest BCUT2D eigenvalue weighted by atomic mass is 10.1. The van der Waals surface area contributed by atoms with Crippen molar-refractivity contribution in [1.29, 1.82) is 10.5 Å². The van der Waals surface area contributed by atoms with Crippen LogP contribution in [0.25, 0.3) is 0 Å². The second kappa shape index (κ2) is 6.88. The Hall–Kier alpha value is -1.59. The Balaban J connectivity index is 4.17. The molecule has 0 aliphatic carbocycles. The van der Waals surface area contributed by atoms with E-state index >= 15 is 0 Å². The molecule has 14 heavy (non-hydrogen) atoms. The molecule has 0 spiro atoms. The van der Waals surface area contributed by atoms with Crippen molar-refractivity contribution in [3.8, 4) is 12.1 Å². The van der Waals surface area contributed by atoms with Gasteiger partial charge in [0.05, 0.1) is 12.1 Å². The maximum absolute atomic E-state index is 11.4. The summed E-state index contributed by atoms with van der Waals surface area (Å²) in [6.07, 6.45) is 0.901. The summed E-state index contributed by atoms with van der Waals surface area (Å²) in [7, 11) is 0. The predicted molar refractivity (Wildman–Crippen MR) is 50.7 cm³/mol. The van der Waals surface area contributed by atoms with E-state index in [-0.39, 0.29) is 31.5 Å². The van der Waals surface area contributed by atoms with Crippen molar-refractivity contribution >= 4 is 5.91 Å². The highest BCUT2D eigenvalue weighted by atomic mass is 16.2. The highest BCUT2D eigenvalue weighted by Crippen LogP contribution is 1.99. The van der Waals surface area contributed by atoms with Crippen molar-refractivity contribution in [3.05, 3.63) is 0 Å². The van der Waals surface area contributed by atoms with Gasteiger partial charge in [-0.25, -0.2) is 0 Å². The van der Waals surface area contributed by atoms with E-state index in [0.29, 0.717) is 6.42 Å². The first-order valence-corrected chi connectivity index (χ1v) is 4.42. The summed E-state index contributed by atoms with van der Waals surface area (Å²) in [6, 6.07) is 3.48. The lowest BCUT2D eigenvalue weighted by Gasteiger charge is -2.17. The summed E-state index contributed by atoms with van der Waals surface area (Å²) in [5, 5.41) is 16.8. The van der Waals surface area contributed by atoms with E-state index in [0.717, 1.165) is 0 Å². The maximum Gasteiger partial charge on any atom is 0.225 e. The number of carbonyl (C=O) groups excluding carboxylic acids is 1. The quantitative estimate of drug-likeness (QED) is 0.623. The molecule has 1 atom stereocenters. The van der Waals surface area contributed by atoms with Crippen LogP contribution in [0, 0.1) is 22.7 Å². The van der Waals surface area contributed by atoms with Crippen molar-refractivity contribution in [1.82, 2.24) is 4.90 Å². The van der Waals surface area contributed by atoms with Crippen LogP contribution < -0.4 is 5.73 Å². The Kier molecular flexibility index (Phi) is 6.09. The summed E-state index contributed by atoms with van der Waals surface area (Å²) in [5.41, 5.74) is 5.59. The normalized spacial score (nSPS) is 11.1. The topological polar surface area (TPSA) is 93.9 Å². The average Bonchev–Trinajstić information content (AvgIpc) is 2.17. The van der Waals surface area contributed by atoms with Crippen molar-refractivity contribution in [2.24, 2.45) is 5.73 Å². The number of nitrogens with two attached hydrogens (primary N) is 1. The van der Waals surface area contributed by atoms with E-state index in [1.807, 2.05) is 19.1 Å². The molecule has 0 aliphatic rings. The lowest BCUT2D eigenvalue weighted by Crippen LogP contribution is -2.36. The number of hydrogen-bond acceptors (Lipinski definition) is 4. The van der Waals surface area contributed by atoms with Crippen LogP contribution in [0.2, 0.25) is 0 Å². The zero-order valence-corrected chi connectivity index (χ0v) is 8.23. The van der Waals surface area contributed by atoms with Crippen molar-refractivity contribution in [2.75, 3.05) is 13.1 Å². The van der Waals surface area contributed by atoms with Crippen molar-refractivity contribution in [2.45, 2.75) is 25.8 Å². The van der Waals surface area contributed by atoms with Crippen molar-refractivity contribution < 1.29 is 4.79 Å². The monoisotopic (exact) mass is 194 g/mol. The van der Waals surface area contributed by atoms with Crippen LogP contribution in [0.5, 0.6) is 0 Å².